The lowest BCUT2D eigenvalue weighted by atomic mass is 10.0. The summed E-state index contributed by atoms with van der Waals surface area (Å²) in [4.78, 5) is 11.7. The van der Waals surface area contributed by atoms with Crippen molar-refractivity contribution in [2.75, 3.05) is 6.61 Å². The number of rotatable bonds is 2. The Hall–Kier alpha value is -0.980. The summed E-state index contributed by atoms with van der Waals surface area (Å²) in [6, 6.07) is 1.92. The van der Waals surface area contributed by atoms with Crippen LogP contribution in [0.25, 0.3) is 6.08 Å². The Kier molecular flexibility index (Phi) is 3.46. The number of benzene rings is 1. The predicted octanol–water partition coefficient (Wildman–Crippen LogP) is 3.13. The lowest BCUT2D eigenvalue weighted by molar-refractivity contribution is -0.114. The molecule has 1 heterocycles. The van der Waals surface area contributed by atoms with Crippen molar-refractivity contribution in [3.63, 3.8) is 0 Å². The van der Waals surface area contributed by atoms with Crippen molar-refractivity contribution < 1.29 is 18.3 Å². The van der Waals surface area contributed by atoms with E-state index in [2.05, 4.69) is 0 Å². The molecular weight excluding hydrogens is 341 g/mol. The van der Waals surface area contributed by atoms with Gasteiger partial charge in [-0.05, 0) is 19.1 Å². The molecule has 1 unspecified atom stereocenters. The van der Waals surface area contributed by atoms with E-state index in [0.717, 1.165) is 12.1 Å². The van der Waals surface area contributed by atoms with E-state index in [1.54, 1.807) is 6.92 Å². The minimum atomic E-state index is -0.745. The first-order valence-electron chi connectivity index (χ1n) is 4.99. The molecule has 1 aromatic rings. The van der Waals surface area contributed by atoms with Crippen LogP contribution in [0.5, 0.6) is 5.75 Å². The highest BCUT2D eigenvalue weighted by Crippen LogP contribution is 2.31. The number of halogens is 3. The monoisotopic (exact) mass is 350 g/mol. The molecule has 0 spiro atoms. The van der Waals surface area contributed by atoms with Crippen molar-refractivity contribution in [3.05, 3.63) is 34.9 Å². The highest BCUT2D eigenvalue weighted by atomic mass is 127. The van der Waals surface area contributed by atoms with Gasteiger partial charge in [-0.3, -0.25) is 4.79 Å². The van der Waals surface area contributed by atoms with Crippen molar-refractivity contribution in [1.82, 2.24) is 0 Å². The Labute approximate surface area is 111 Å². The number of alkyl halides is 1. The van der Waals surface area contributed by atoms with Crippen molar-refractivity contribution in [2.45, 2.75) is 10.8 Å². The van der Waals surface area contributed by atoms with Crippen molar-refractivity contribution in [1.29, 1.82) is 0 Å². The maximum absolute atomic E-state index is 13.3. The first kappa shape index (κ1) is 12.5. The van der Waals surface area contributed by atoms with Crippen LogP contribution >= 0.6 is 22.6 Å². The number of hydrogen-bond acceptors (Lipinski definition) is 2. The van der Waals surface area contributed by atoms with Crippen LogP contribution in [-0.2, 0) is 4.79 Å². The molecule has 1 aliphatic heterocycles. The number of hydrogen-bond donors (Lipinski definition) is 0. The fraction of sp³-hybridized carbons (Fsp3) is 0.250. The van der Waals surface area contributed by atoms with E-state index in [1.807, 2.05) is 22.6 Å². The average Bonchev–Trinajstić information content (AvgIpc) is 2.26. The van der Waals surface area contributed by atoms with Gasteiger partial charge in [0, 0.05) is 17.2 Å². The zero-order valence-corrected chi connectivity index (χ0v) is 11.1. The first-order chi connectivity index (χ1) is 7.99. The van der Waals surface area contributed by atoms with Crippen LogP contribution in [0.1, 0.15) is 12.5 Å². The zero-order valence-electron chi connectivity index (χ0n) is 8.97. The van der Waals surface area contributed by atoms with Crippen LogP contribution < -0.4 is 4.74 Å². The molecule has 17 heavy (non-hydrogen) atoms. The smallest absolute Gasteiger partial charge is 0.174 e. The summed E-state index contributed by atoms with van der Waals surface area (Å²) in [5.74, 6) is -1.51. The number of carbonyl (C=O) groups is 1. The molecule has 5 heteroatoms. The lowest BCUT2D eigenvalue weighted by Crippen LogP contribution is -2.20. The number of ketones is 1. The van der Waals surface area contributed by atoms with Gasteiger partial charge in [-0.1, -0.05) is 22.6 Å². The summed E-state index contributed by atoms with van der Waals surface area (Å²) in [5.41, 5.74) is 0.707. The maximum Gasteiger partial charge on any atom is 0.174 e. The number of fused-ring (bicyclic) bond motifs is 1. The average molecular weight is 350 g/mol. The SMILES string of the molecule is CC(I)C(=O)C1=Cc2cc(F)cc(F)c2OC1. The van der Waals surface area contributed by atoms with E-state index in [1.165, 1.54) is 6.08 Å². The second-order valence-electron chi connectivity index (χ2n) is 3.74. The molecule has 1 atom stereocenters. The van der Waals surface area contributed by atoms with Gasteiger partial charge in [0.15, 0.2) is 17.3 Å². The third-order valence-corrected chi connectivity index (χ3v) is 2.98. The molecule has 1 aliphatic rings. The molecule has 90 valence electrons. The van der Waals surface area contributed by atoms with Gasteiger partial charge in [0.2, 0.25) is 0 Å². The standard InChI is InChI=1S/C12H9F2IO2/c1-6(15)11(16)8-2-7-3-9(13)4-10(14)12(7)17-5-8/h2-4,6H,5H2,1H3. The minimum Gasteiger partial charge on any atom is -0.485 e. The Morgan fingerprint density at radius 3 is 2.82 bits per heavy atom. The van der Waals surface area contributed by atoms with Crippen molar-refractivity contribution in [3.8, 4) is 5.75 Å². The Balaban J connectivity index is 2.44. The van der Waals surface area contributed by atoms with E-state index < -0.39 is 11.6 Å². The van der Waals surface area contributed by atoms with Gasteiger partial charge < -0.3 is 4.74 Å². The highest BCUT2D eigenvalue weighted by molar-refractivity contribution is 14.1. The normalized spacial score (nSPS) is 15.6. The second-order valence-corrected chi connectivity index (χ2v) is 5.61. The molecular formula is C12H9F2IO2. The van der Waals surface area contributed by atoms with E-state index >= 15 is 0 Å². The van der Waals surface area contributed by atoms with Crippen LogP contribution in [0, 0.1) is 11.6 Å². The summed E-state index contributed by atoms with van der Waals surface area (Å²) >= 11 is 1.99. The van der Waals surface area contributed by atoms with Gasteiger partial charge in [-0.25, -0.2) is 8.78 Å². The molecule has 0 aromatic heterocycles. The van der Waals surface area contributed by atoms with Gasteiger partial charge >= 0.3 is 0 Å². The molecule has 0 N–H and O–H groups in total. The largest absolute Gasteiger partial charge is 0.485 e. The molecule has 0 amide bonds. The number of Topliss-reactive ketones (excluding diaryl/α,β-unsaturated/α-hetero) is 1. The molecule has 2 nitrogen and oxygen atoms in total. The third-order valence-electron chi connectivity index (χ3n) is 2.42. The zero-order chi connectivity index (χ0) is 12.6. The highest BCUT2D eigenvalue weighted by Gasteiger charge is 2.22. The van der Waals surface area contributed by atoms with Gasteiger partial charge in [-0.2, -0.15) is 0 Å². The quantitative estimate of drug-likeness (QED) is 0.605. The van der Waals surface area contributed by atoms with Crippen LogP contribution in [0.3, 0.4) is 0 Å². The minimum absolute atomic E-state index is 0.00376. The van der Waals surface area contributed by atoms with Gasteiger partial charge in [0.05, 0.1) is 3.92 Å². The summed E-state index contributed by atoms with van der Waals surface area (Å²) in [6.07, 6.45) is 1.49. The van der Waals surface area contributed by atoms with Crippen LogP contribution in [-0.4, -0.2) is 16.3 Å². The predicted molar refractivity (Wildman–Crippen MR) is 68.3 cm³/mol. The van der Waals surface area contributed by atoms with Crippen LogP contribution in [0.4, 0.5) is 8.78 Å². The summed E-state index contributed by atoms with van der Waals surface area (Å²) in [7, 11) is 0. The lowest BCUT2D eigenvalue weighted by Gasteiger charge is -2.18. The summed E-state index contributed by atoms with van der Waals surface area (Å²) < 4.78 is 31.3. The van der Waals surface area contributed by atoms with E-state index in [9.17, 15) is 13.6 Å². The fourth-order valence-electron chi connectivity index (χ4n) is 1.62. The molecule has 0 saturated carbocycles. The van der Waals surface area contributed by atoms with Gasteiger partial charge in [-0.15, -0.1) is 0 Å². The molecule has 1 aromatic carbocycles. The summed E-state index contributed by atoms with van der Waals surface area (Å²) in [6.45, 7) is 1.78. The molecule has 0 bridgehead atoms. The van der Waals surface area contributed by atoms with E-state index in [0.29, 0.717) is 5.57 Å². The molecule has 0 saturated heterocycles. The number of ether oxygens (including phenoxy) is 1. The van der Waals surface area contributed by atoms with E-state index in [4.69, 9.17) is 4.74 Å². The Morgan fingerprint density at radius 2 is 2.18 bits per heavy atom. The van der Waals surface area contributed by atoms with Gasteiger partial charge in [0.25, 0.3) is 0 Å². The van der Waals surface area contributed by atoms with Crippen LogP contribution in [0.2, 0.25) is 0 Å². The Morgan fingerprint density at radius 1 is 1.47 bits per heavy atom. The molecule has 0 aliphatic carbocycles. The fourth-order valence-corrected chi connectivity index (χ4v) is 2.02. The first-order valence-corrected chi connectivity index (χ1v) is 6.24. The molecule has 0 fully saturated rings. The van der Waals surface area contributed by atoms with Crippen LogP contribution in [0.15, 0.2) is 17.7 Å². The molecule has 0 radical (unpaired) electrons. The second kappa shape index (κ2) is 4.72. The maximum atomic E-state index is 13.3. The summed E-state index contributed by atoms with van der Waals surface area (Å²) in [5, 5.41) is 0. The molecule has 2 rings (SSSR count). The third kappa shape index (κ3) is 2.48. The van der Waals surface area contributed by atoms with Crippen molar-refractivity contribution >= 4 is 34.5 Å². The topological polar surface area (TPSA) is 26.3 Å². The number of carbonyl (C=O) groups excluding carboxylic acids is 1. The van der Waals surface area contributed by atoms with Gasteiger partial charge in [0.1, 0.15) is 12.4 Å². The Bertz CT molecular complexity index is 509. The van der Waals surface area contributed by atoms with Crippen molar-refractivity contribution in [2.24, 2.45) is 0 Å². The van der Waals surface area contributed by atoms with E-state index in [-0.39, 0.29) is 27.6 Å².